The van der Waals surface area contributed by atoms with Crippen LogP contribution in [0.15, 0.2) is 0 Å². The molecule has 0 N–H and O–H groups in total. The minimum absolute atomic E-state index is 0.411. The molecule has 1 fully saturated rings. The van der Waals surface area contributed by atoms with E-state index >= 15 is 0 Å². The molecular weight excluding hydrogens is 140 g/mol. The molecule has 0 aliphatic heterocycles. The lowest BCUT2D eigenvalue weighted by molar-refractivity contribution is -0.109. The van der Waals surface area contributed by atoms with Crippen molar-refractivity contribution < 1.29 is 9.53 Å². The number of rotatable bonds is 3. The number of aldehydes is 1. The molecule has 1 aliphatic carbocycles. The lowest BCUT2D eigenvalue weighted by atomic mass is 9.85. The zero-order valence-electron chi connectivity index (χ0n) is 7.08. The molecule has 0 aromatic carbocycles. The molecule has 0 saturated heterocycles. The molecule has 1 rings (SSSR count). The Kier molecular flexibility index (Phi) is 3.57. The predicted molar refractivity (Wildman–Crippen MR) is 43.4 cm³/mol. The molecule has 0 heterocycles. The van der Waals surface area contributed by atoms with Gasteiger partial charge < -0.3 is 9.53 Å². The summed E-state index contributed by atoms with van der Waals surface area (Å²) in [5.74, 6) is 0.589. The molecule has 2 atom stereocenters. The summed E-state index contributed by atoms with van der Waals surface area (Å²) in [6, 6.07) is 0. The molecule has 2 heteroatoms. The topological polar surface area (TPSA) is 26.3 Å². The van der Waals surface area contributed by atoms with Crippen LogP contribution in [0.25, 0.3) is 0 Å². The van der Waals surface area contributed by atoms with E-state index in [0.29, 0.717) is 12.0 Å². The maximum atomic E-state index is 10.2. The highest BCUT2D eigenvalue weighted by molar-refractivity contribution is 5.49. The van der Waals surface area contributed by atoms with Gasteiger partial charge in [-0.3, -0.25) is 0 Å². The zero-order chi connectivity index (χ0) is 8.10. The fourth-order valence-corrected chi connectivity index (χ4v) is 1.81. The lowest BCUT2D eigenvalue weighted by Crippen LogP contribution is -2.21. The van der Waals surface area contributed by atoms with E-state index < -0.39 is 0 Å². The largest absolute Gasteiger partial charge is 0.381 e. The molecule has 11 heavy (non-hydrogen) atoms. The number of hydrogen-bond acceptors (Lipinski definition) is 2. The van der Waals surface area contributed by atoms with Crippen molar-refractivity contribution in [1.82, 2.24) is 0 Å². The van der Waals surface area contributed by atoms with E-state index in [1.807, 2.05) is 0 Å². The fraction of sp³-hybridized carbons (Fsp3) is 0.889. The van der Waals surface area contributed by atoms with Gasteiger partial charge in [0.15, 0.2) is 0 Å². The Morgan fingerprint density at radius 1 is 1.55 bits per heavy atom. The highest BCUT2D eigenvalue weighted by Gasteiger charge is 2.20. The first-order chi connectivity index (χ1) is 5.36. The quantitative estimate of drug-likeness (QED) is 0.582. The SMILES string of the molecule is COC1CCCC(CC=O)C1. The summed E-state index contributed by atoms with van der Waals surface area (Å²) < 4.78 is 5.25. The van der Waals surface area contributed by atoms with Crippen molar-refractivity contribution in [2.24, 2.45) is 5.92 Å². The number of methoxy groups -OCH3 is 1. The summed E-state index contributed by atoms with van der Waals surface area (Å²) in [6.07, 6.45) is 6.84. The van der Waals surface area contributed by atoms with Crippen LogP contribution >= 0.6 is 0 Å². The van der Waals surface area contributed by atoms with E-state index in [-0.39, 0.29) is 0 Å². The molecular formula is C9H16O2. The van der Waals surface area contributed by atoms with Crippen LogP contribution in [-0.2, 0) is 9.53 Å². The summed E-state index contributed by atoms with van der Waals surface area (Å²) in [4.78, 5) is 10.2. The van der Waals surface area contributed by atoms with Crippen LogP contribution < -0.4 is 0 Å². The van der Waals surface area contributed by atoms with Crippen molar-refractivity contribution in [2.75, 3.05) is 7.11 Å². The van der Waals surface area contributed by atoms with Gasteiger partial charge in [0.25, 0.3) is 0 Å². The molecule has 0 bridgehead atoms. The third-order valence-corrected chi connectivity index (χ3v) is 2.50. The summed E-state index contributed by atoms with van der Waals surface area (Å²) >= 11 is 0. The molecule has 64 valence electrons. The van der Waals surface area contributed by atoms with Gasteiger partial charge in [0.1, 0.15) is 6.29 Å². The molecule has 1 saturated carbocycles. The van der Waals surface area contributed by atoms with Crippen LogP contribution in [0.4, 0.5) is 0 Å². The molecule has 2 nitrogen and oxygen atoms in total. The first-order valence-corrected chi connectivity index (χ1v) is 4.33. The van der Waals surface area contributed by atoms with Gasteiger partial charge in [-0.25, -0.2) is 0 Å². The van der Waals surface area contributed by atoms with Crippen LogP contribution in [-0.4, -0.2) is 19.5 Å². The Morgan fingerprint density at radius 3 is 3.00 bits per heavy atom. The van der Waals surface area contributed by atoms with E-state index in [9.17, 15) is 4.79 Å². The van der Waals surface area contributed by atoms with Crippen molar-refractivity contribution >= 4 is 6.29 Å². The van der Waals surface area contributed by atoms with Crippen molar-refractivity contribution in [3.8, 4) is 0 Å². The highest BCUT2D eigenvalue weighted by atomic mass is 16.5. The average Bonchev–Trinajstić information content (AvgIpc) is 2.06. The Morgan fingerprint density at radius 2 is 2.36 bits per heavy atom. The van der Waals surface area contributed by atoms with Gasteiger partial charge in [0.2, 0.25) is 0 Å². The first-order valence-electron chi connectivity index (χ1n) is 4.33. The molecule has 0 aromatic rings. The Balaban J connectivity index is 2.27. The number of carbonyl (C=O) groups excluding carboxylic acids is 1. The molecule has 0 spiro atoms. The summed E-state index contributed by atoms with van der Waals surface area (Å²) in [6.45, 7) is 0. The third-order valence-electron chi connectivity index (χ3n) is 2.50. The summed E-state index contributed by atoms with van der Waals surface area (Å²) in [5, 5.41) is 0. The normalized spacial score (nSPS) is 31.7. The third kappa shape index (κ3) is 2.62. The second-order valence-corrected chi connectivity index (χ2v) is 3.29. The summed E-state index contributed by atoms with van der Waals surface area (Å²) in [7, 11) is 1.76. The van der Waals surface area contributed by atoms with E-state index in [1.54, 1.807) is 7.11 Å². The van der Waals surface area contributed by atoms with Gasteiger partial charge in [0, 0.05) is 13.5 Å². The molecule has 1 aliphatic rings. The molecule has 0 radical (unpaired) electrons. The Labute approximate surface area is 67.9 Å². The van der Waals surface area contributed by atoms with E-state index in [4.69, 9.17) is 4.74 Å². The van der Waals surface area contributed by atoms with Gasteiger partial charge in [-0.1, -0.05) is 6.42 Å². The van der Waals surface area contributed by atoms with Gasteiger partial charge in [-0.2, -0.15) is 0 Å². The molecule has 0 aromatic heterocycles. The average molecular weight is 156 g/mol. The zero-order valence-corrected chi connectivity index (χ0v) is 7.08. The van der Waals surface area contributed by atoms with Crippen molar-refractivity contribution in [1.29, 1.82) is 0 Å². The van der Waals surface area contributed by atoms with E-state index in [0.717, 1.165) is 19.1 Å². The van der Waals surface area contributed by atoms with Gasteiger partial charge in [-0.05, 0) is 25.2 Å². The fourth-order valence-electron chi connectivity index (χ4n) is 1.81. The van der Waals surface area contributed by atoms with Crippen molar-refractivity contribution in [3.05, 3.63) is 0 Å². The smallest absolute Gasteiger partial charge is 0.120 e. The number of carbonyl (C=O) groups is 1. The Bertz CT molecular complexity index is 123. The lowest BCUT2D eigenvalue weighted by Gasteiger charge is -2.26. The summed E-state index contributed by atoms with van der Waals surface area (Å²) in [5.41, 5.74) is 0. The van der Waals surface area contributed by atoms with Crippen LogP contribution in [0.3, 0.4) is 0 Å². The van der Waals surface area contributed by atoms with Crippen molar-refractivity contribution in [2.45, 2.75) is 38.2 Å². The Hall–Kier alpha value is -0.370. The monoisotopic (exact) mass is 156 g/mol. The van der Waals surface area contributed by atoms with Crippen LogP contribution in [0, 0.1) is 5.92 Å². The second-order valence-electron chi connectivity index (χ2n) is 3.29. The van der Waals surface area contributed by atoms with Crippen LogP contribution in [0.1, 0.15) is 32.1 Å². The molecule has 0 amide bonds. The minimum atomic E-state index is 0.411. The first kappa shape index (κ1) is 8.72. The molecule has 2 unspecified atom stereocenters. The van der Waals surface area contributed by atoms with Gasteiger partial charge >= 0.3 is 0 Å². The maximum absolute atomic E-state index is 10.2. The van der Waals surface area contributed by atoms with E-state index in [1.165, 1.54) is 19.3 Å². The maximum Gasteiger partial charge on any atom is 0.120 e. The van der Waals surface area contributed by atoms with Crippen LogP contribution in [0.2, 0.25) is 0 Å². The van der Waals surface area contributed by atoms with E-state index in [2.05, 4.69) is 0 Å². The van der Waals surface area contributed by atoms with Crippen LogP contribution in [0.5, 0.6) is 0 Å². The van der Waals surface area contributed by atoms with Gasteiger partial charge in [0.05, 0.1) is 6.10 Å². The second kappa shape index (κ2) is 4.50. The van der Waals surface area contributed by atoms with Crippen molar-refractivity contribution in [3.63, 3.8) is 0 Å². The predicted octanol–water partition coefficient (Wildman–Crippen LogP) is 1.78. The minimum Gasteiger partial charge on any atom is -0.381 e. The number of hydrogen-bond donors (Lipinski definition) is 0. The standard InChI is InChI=1S/C9H16O2/c1-11-9-4-2-3-8(7-9)5-6-10/h6,8-9H,2-5,7H2,1H3. The number of ether oxygens (including phenoxy) is 1. The highest BCUT2D eigenvalue weighted by Crippen LogP contribution is 2.27. The van der Waals surface area contributed by atoms with Gasteiger partial charge in [-0.15, -0.1) is 0 Å².